The summed E-state index contributed by atoms with van der Waals surface area (Å²) in [5.74, 6) is 0.381. The Morgan fingerprint density at radius 3 is 2.44 bits per heavy atom. The second kappa shape index (κ2) is 8.25. The summed E-state index contributed by atoms with van der Waals surface area (Å²) >= 11 is 0. The standard InChI is InChI=1S/C22H26N2O3/c1-15(2)21(16-9-5-4-6-10-16)23-22(26)17-13-20(25)24(14-17)18-11-7-8-12-19(18)27-3/h4-12,15,17,21H,13-14H2,1-3H3,(H,23,26). The molecule has 0 aliphatic carbocycles. The second-order valence-corrected chi connectivity index (χ2v) is 7.22. The third kappa shape index (κ3) is 4.13. The molecule has 27 heavy (non-hydrogen) atoms. The Morgan fingerprint density at radius 1 is 1.11 bits per heavy atom. The summed E-state index contributed by atoms with van der Waals surface area (Å²) in [6.45, 7) is 4.53. The monoisotopic (exact) mass is 366 g/mol. The highest BCUT2D eigenvalue weighted by Crippen LogP contribution is 2.33. The number of methoxy groups -OCH3 is 1. The Morgan fingerprint density at radius 2 is 1.78 bits per heavy atom. The van der Waals surface area contributed by atoms with Gasteiger partial charge in [-0.25, -0.2) is 0 Å². The van der Waals surface area contributed by atoms with Crippen molar-refractivity contribution < 1.29 is 14.3 Å². The van der Waals surface area contributed by atoms with E-state index in [0.29, 0.717) is 18.0 Å². The molecule has 2 aromatic rings. The van der Waals surface area contributed by atoms with Crippen LogP contribution in [0.2, 0.25) is 0 Å². The number of ether oxygens (including phenoxy) is 1. The van der Waals surface area contributed by atoms with Gasteiger partial charge in [0, 0.05) is 13.0 Å². The van der Waals surface area contributed by atoms with Crippen molar-refractivity contribution in [2.45, 2.75) is 26.3 Å². The molecule has 5 nitrogen and oxygen atoms in total. The molecule has 1 fully saturated rings. The second-order valence-electron chi connectivity index (χ2n) is 7.22. The minimum Gasteiger partial charge on any atom is -0.495 e. The molecule has 1 aliphatic heterocycles. The number of amides is 2. The molecule has 3 rings (SSSR count). The number of nitrogens with zero attached hydrogens (tertiary/aromatic N) is 1. The molecule has 1 saturated heterocycles. The van der Waals surface area contributed by atoms with Gasteiger partial charge in [-0.15, -0.1) is 0 Å². The number of carbonyl (C=O) groups is 2. The van der Waals surface area contributed by atoms with Crippen LogP contribution in [-0.2, 0) is 9.59 Å². The van der Waals surface area contributed by atoms with Crippen molar-refractivity contribution in [1.82, 2.24) is 5.32 Å². The summed E-state index contributed by atoms with van der Waals surface area (Å²) in [7, 11) is 1.58. The van der Waals surface area contributed by atoms with Crippen LogP contribution in [-0.4, -0.2) is 25.5 Å². The van der Waals surface area contributed by atoms with E-state index in [-0.39, 0.29) is 36.1 Å². The van der Waals surface area contributed by atoms with Crippen molar-refractivity contribution in [2.24, 2.45) is 11.8 Å². The maximum Gasteiger partial charge on any atom is 0.227 e. The molecule has 0 radical (unpaired) electrons. The SMILES string of the molecule is COc1ccccc1N1CC(C(=O)NC(c2ccccc2)C(C)C)CC1=O. The quantitative estimate of drug-likeness (QED) is 0.850. The van der Waals surface area contributed by atoms with E-state index in [1.54, 1.807) is 12.0 Å². The lowest BCUT2D eigenvalue weighted by molar-refractivity contribution is -0.127. The topological polar surface area (TPSA) is 58.6 Å². The highest BCUT2D eigenvalue weighted by atomic mass is 16.5. The van der Waals surface area contributed by atoms with E-state index in [1.807, 2.05) is 54.6 Å². The maximum atomic E-state index is 12.9. The molecule has 142 valence electrons. The van der Waals surface area contributed by atoms with E-state index in [4.69, 9.17) is 4.74 Å². The van der Waals surface area contributed by atoms with Crippen LogP contribution < -0.4 is 15.0 Å². The number of hydrogen-bond acceptors (Lipinski definition) is 3. The van der Waals surface area contributed by atoms with Gasteiger partial charge in [0.2, 0.25) is 11.8 Å². The normalized spacial score (nSPS) is 17.9. The lowest BCUT2D eigenvalue weighted by Gasteiger charge is -2.25. The highest BCUT2D eigenvalue weighted by Gasteiger charge is 2.37. The molecule has 1 N–H and O–H groups in total. The van der Waals surface area contributed by atoms with Crippen molar-refractivity contribution in [3.8, 4) is 5.75 Å². The average molecular weight is 366 g/mol. The lowest BCUT2D eigenvalue weighted by Crippen LogP contribution is -2.37. The molecule has 0 saturated carbocycles. The Hall–Kier alpha value is -2.82. The minimum atomic E-state index is -0.368. The van der Waals surface area contributed by atoms with E-state index in [2.05, 4.69) is 19.2 Å². The fraction of sp³-hybridized carbons (Fsp3) is 0.364. The fourth-order valence-electron chi connectivity index (χ4n) is 3.54. The van der Waals surface area contributed by atoms with Crippen LogP contribution in [0.4, 0.5) is 5.69 Å². The van der Waals surface area contributed by atoms with E-state index >= 15 is 0 Å². The van der Waals surface area contributed by atoms with E-state index in [9.17, 15) is 9.59 Å². The third-order valence-corrected chi connectivity index (χ3v) is 4.99. The van der Waals surface area contributed by atoms with Gasteiger partial charge in [-0.2, -0.15) is 0 Å². The molecule has 2 amide bonds. The van der Waals surface area contributed by atoms with Crippen LogP contribution in [0.1, 0.15) is 31.9 Å². The smallest absolute Gasteiger partial charge is 0.227 e. The molecule has 0 spiro atoms. The van der Waals surface area contributed by atoms with Crippen LogP contribution in [0, 0.1) is 11.8 Å². The molecule has 1 aliphatic rings. The molecule has 1 heterocycles. The van der Waals surface area contributed by atoms with Gasteiger partial charge >= 0.3 is 0 Å². The van der Waals surface area contributed by atoms with Gasteiger partial charge in [-0.05, 0) is 23.6 Å². The zero-order chi connectivity index (χ0) is 19.4. The average Bonchev–Trinajstić information content (AvgIpc) is 3.08. The van der Waals surface area contributed by atoms with Crippen molar-refractivity contribution in [2.75, 3.05) is 18.6 Å². The first-order valence-corrected chi connectivity index (χ1v) is 9.30. The summed E-state index contributed by atoms with van der Waals surface area (Å²) in [5, 5.41) is 3.15. The van der Waals surface area contributed by atoms with Gasteiger partial charge in [0.05, 0.1) is 24.8 Å². The Kier molecular flexibility index (Phi) is 5.79. The molecular weight excluding hydrogens is 340 g/mol. The number of hydrogen-bond donors (Lipinski definition) is 1. The first-order valence-electron chi connectivity index (χ1n) is 9.30. The van der Waals surface area contributed by atoms with Gasteiger partial charge in [0.1, 0.15) is 5.75 Å². The van der Waals surface area contributed by atoms with E-state index in [1.165, 1.54) is 0 Å². The zero-order valence-corrected chi connectivity index (χ0v) is 16.0. The molecule has 0 aromatic heterocycles. The predicted octanol–water partition coefficient (Wildman–Crippen LogP) is 3.56. The molecule has 2 atom stereocenters. The summed E-state index contributed by atoms with van der Waals surface area (Å²) in [5.41, 5.74) is 1.79. The van der Waals surface area contributed by atoms with Gasteiger partial charge < -0.3 is 15.0 Å². The van der Waals surface area contributed by atoms with Crippen molar-refractivity contribution >= 4 is 17.5 Å². The Labute approximate surface area is 160 Å². The number of carbonyl (C=O) groups excluding carboxylic acids is 2. The maximum absolute atomic E-state index is 12.9. The Balaban J connectivity index is 1.73. The number of rotatable bonds is 6. The predicted molar refractivity (Wildman–Crippen MR) is 106 cm³/mol. The summed E-state index contributed by atoms with van der Waals surface area (Å²) in [4.78, 5) is 27.1. The van der Waals surface area contributed by atoms with Crippen LogP contribution in [0.25, 0.3) is 0 Å². The van der Waals surface area contributed by atoms with Gasteiger partial charge in [0.15, 0.2) is 0 Å². The van der Waals surface area contributed by atoms with E-state index in [0.717, 1.165) is 5.56 Å². The lowest BCUT2D eigenvalue weighted by atomic mass is 9.95. The largest absolute Gasteiger partial charge is 0.495 e. The number of anilines is 1. The highest BCUT2D eigenvalue weighted by molar-refractivity contribution is 6.01. The zero-order valence-electron chi connectivity index (χ0n) is 16.0. The number of nitrogens with one attached hydrogen (secondary N) is 1. The van der Waals surface area contributed by atoms with Gasteiger partial charge in [-0.3, -0.25) is 9.59 Å². The van der Waals surface area contributed by atoms with Crippen LogP contribution >= 0.6 is 0 Å². The Bertz CT molecular complexity index is 804. The summed E-state index contributed by atoms with van der Waals surface area (Å²) in [6, 6.07) is 17.3. The van der Waals surface area contributed by atoms with Crippen LogP contribution in [0.5, 0.6) is 5.75 Å². The van der Waals surface area contributed by atoms with Crippen LogP contribution in [0.3, 0.4) is 0 Å². The number of para-hydroxylation sites is 2. The molecule has 0 bridgehead atoms. The third-order valence-electron chi connectivity index (χ3n) is 4.99. The van der Waals surface area contributed by atoms with Gasteiger partial charge in [0.25, 0.3) is 0 Å². The first kappa shape index (κ1) is 19.0. The number of benzene rings is 2. The van der Waals surface area contributed by atoms with E-state index < -0.39 is 0 Å². The summed E-state index contributed by atoms with van der Waals surface area (Å²) in [6.07, 6.45) is 0.212. The first-order chi connectivity index (χ1) is 13.0. The molecule has 2 unspecified atom stereocenters. The minimum absolute atomic E-state index is 0.0551. The van der Waals surface area contributed by atoms with Crippen molar-refractivity contribution in [1.29, 1.82) is 0 Å². The molecular formula is C22H26N2O3. The molecule has 5 heteroatoms. The molecule has 2 aromatic carbocycles. The van der Waals surface area contributed by atoms with Crippen molar-refractivity contribution in [3.05, 3.63) is 60.2 Å². The summed E-state index contributed by atoms with van der Waals surface area (Å²) < 4.78 is 5.36. The van der Waals surface area contributed by atoms with Gasteiger partial charge in [-0.1, -0.05) is 56.3 Å². The van der Waals surface area contributed by atoms with Crippen molar-refractivity contribution in [3.63, 3.8) is 0 Å². The van der Waals surface area contributed by atoms with Crippen LogP contribution in [0.15, 0.2) is 54.6 Å². The fourth-order valence-corrected chi connectivity index (χ4v) is 3.54.